The Morgan fingerprint density at radius 2 is 1.36 bits per heavy atom. The molecule has 0 amide bonds. The fourth-order valence-corrected chi connectivity index (χ4v) is 4.39. The lowest BCUT2D eigenvalue weighted by molar-refractivity contribution is -0.308. The number of hydrogen-bond donors (Lipinski definition) is 6. The fraction of sp³-hybridized carbons (Fsp3) is 1.00. The topological polar surface area (TPSA) is 134 Å². The van der Waals surface area contributed by atoms with Gasteiger partial charge in [-0.3, -0.25) is 0 Å². The highest BCUT2D eigenvalue weighted by Gasteiger charge is 2.54. The van der Waals surface area contributed by atoms with Gasteiger partial charge in [0.15, 0.2) is 12.2 Å². The van der Waals surface area contributed by atoms with Crippen LogP contribution in [0.4, 0.5) is 0 Å². The average Bonchev–Trinajstić information content (AvgIpc) is 2.48. The molecular weight excluding hydrogens is 292 g/mol. The van der Waals surface area contributed by atoms with Gasteiger partial charge in [0.05, 0.1) is 30.3 Å². The van der Waals surface area contributed by atoms with E-state index in [1.807, 2.05) is 0 Å². The lowest BCUT2D eigenvalue weighted by Gasteiger charge is -2.46. The SMILES string of the molecule is OC1CCC(C2[OH+]C3CC(O)C(O)C(O)C3CC2O)CC1O. The van der Waals surface area contributed by atoms with Crippen molar-refractivity contribution in [1.82, 2.24) is 0 Å². The van der Waals surface area contributed by atoms with Crippen LogP contribution in [0, 0.1) is 11.8 Å². The molecule has 22 heavy (non-hydrogen) atoms. The average molecular weight is 319 g/mol. The molecule has 7 heteroatoms. The minimum Gasteiger partial charge on any atom is -0.427 e. The van der Waals surface area contributed by atoms with E-state index in [-0.39, 0.29) is 30.5 Å². The summed E-state index contributed by atoms with van der Waals surface area (Å²) in [7, 11) is 0. The van der Waals surface area contributed by atoms with Gasteiger partial charge in [-0.2, -0.15) is 0 Å². The van der Waals surface area contributed by atoms with Crippen LogP contribution in [0.2, 0.25) is 0 Å². The summed E-state index contributed by atoms with van der Waals surface area (Å²) in [5.74, 6) is -0.348. The first kappa shape index (κ1) is 16.6. The third-order valence-electron chi connectivity index (χ3n) is 5.74. The Balaban J connectivity index is 1.69. The van der Waals surface area contributed by atoms with Crippen LogP contribution in [-0.2, 0) is 0 Å². The number of fused-ring (bicyclic) bond motifs is 1. The van der Waals surface area contributed by atoms with Gasteiger partial charge in [-0.15, -0.1) is 0 Å². The molecule has 0 bridgehead atoms. The standard InChI is InChI=1S/C15H26O7/c16-8-2-1-6(3-9(8)17)15-11(19)4-7-12(22-15)5-10(18)14(21)13(7)20/h6-21H,1-5H2/p+1. The Hall–Kier alpha value is -0.280. The molecule has 10 unspecified atom stereocenters. The predicted octanol–water partition coefficient (Wildman–Crippen LogP) is -2.36. The number of aliphatic hydroxyl groups is 8. The lowest BCUT2D eigenvalue weighted by Crippen LogP contribution is -2.61. The Morgan fingerprint density at radius 3 is 2.05 bits per heavy atom. The first-order chi connectivity index (χ1) is 10.4. The Labute approximate surface area is 129 Å². The van der Waals surface area contributed by atoms with Gasteiger partial charge >= 0.3 is 0 Å². The summed E-state index contributed by atoms with van der Waals surface area (Å²) < 4.78 is 4.63. The largest absolute Gasteiger partial charge is 0.427 e. The van der Waals surface area contributed by atoms with E-state index < -0.39 is 36.6 Å². The minimum atomic E-state index is -1.19. The summed E-state index contributed by atoms with van der Waals surface area (Å²) in [4.78, 5) is 0. The first-order valence-corrected chi connectivity index (χ1v) is 8.16. The van der Waals surface area contributed by atoms with Gasteiger partial charge in [-0.25, -0.2) is 0 Å². The zero-order valence-electron chi connectivity index (χ0n) is 12.4. The van der Waals surface area contributed by atoms with E-state index >= 15 is 0 Å². The van der Waals surface area contributed by atoms with Crippen molar-refractivity contribution in [2.45, 2.75) is 80.9 Å². The van der Waals surface area contributed by atoms with E-state index in [4.69, 9.17) is 0 Å². The molecule has 3 rings (SSSR count). The van der Waals surface area contributed by atoms with Gasteiger partial charge in [0.25, 0.3) is 0 Å². The van der Waals surface area contributed by atoms with Crippen LogP contribution in [0.15, 0.2) is 0 Å². The van der Waals surface area contributed by atoms with E-state index in [2.05, 4.69) is 4.74 Å². The zero-order chi connectivity index (χ0) is 16.0. The van der Waals surface area contributed by atoms with Gasteiger partial charge in [-0.1, -0.05) is 0 Å². The molecule has 7 nitrogen and oxygen atoms in total. The zero-order valence-corrected chi connectivity index (χ0v) is 12.4. The van der Waals surface area contributed by atoms with Crippen molar-refractivity contribution in [3.8, 4) is 0 Å². The lowest BCUT2D eigenvalue weighted by atomic mass is 9.72. The van der Waals surface area contributed by atoms with Gasteiger partial charge in [0, 0.05) is 12.3 Å². The van der Waals surface area contributed by atoms with Crippen molar-refractivity contribution in [2.75, 3.05) is 0 Å². The molecule has 0 aromatic carbocycles. The monoisotopic (exact) mass is 319 g/mol. The van der Waals surface area contributed by atoms with Crippen molar-refractivity contribution < 1.29 is 35.4 Å². The molecule has 0 spiro atoms. The Bertz CT molecular complexity index is 392. The van der Waals surface area contributed by atoms with Crippen molar-refractivity contribution in [3.63, 3.8) is 0 Å². The molecule has 0 aromatic rings. The Morgan fingerprint density at radius 1 is 0.636 bits per heavy atom. The first-order valence-electron chi connectivity index (χ1n) is 8.16. The maximum absolute atomic E-state index is 10.4. The molecule has 1 heterocycles. The molecule has 1 saturated heterocycles. The summed E-state index contributed by atoms with van der Waals surface area (Å²) in [5, 5.41) is 59.5. The van der Waals surface area contributed by atoms with E-state index in [9.17, 15) is 30.6 Å². The second-order valence-electron chi connectivity index (χ2n) is 7.17. The van der Waals surface area contributed by atoms with Crippen LogP contribution in [0.25, 0.3) is 0 Å². The highest BCUT2D eigenvalue weighted by molar-refractivity contribution is 4.99. The summed E-state index contributed by atoms with van der Waals surface area (Å²) in [6.45, 7) is 0. The summed E-state index contributed by atoms with van der Waals surface area (Å²) >= 11 is 0. The quantitative estimate of drug-likeness (QED) is 0.299. The van der Waals surface area contributed by atoms with Crippen molar-refractivity contribution in [1.29, 1.82) is 0 Å². The number of hydrogen-bond acceptors (Lipinski definition) is 6. The maximum Gasteiger partial charge on any atom is 0.184 e. The smallest absolute Gasteiger partial charge is 0.184 e. The molecule has 2 saturated carbocycles. The van der Waals surface area contributed by atoms with Gasteiger partial charge in [-0.05, 0) is 25.7 Å². The number of ether oxygens (including phenoxy) is 1. The van der Waals surface area contributed by atoms with Crippen LogP contribution >= 0.6 is 0 Å². The van der Waals surface area contributed by atoms with E-state index in [0.29, 0.717) is 25.7 Å². The van der Waals surface area contributed by atoms with E-state index in [1.165, 1.54) is 0 Å². The van der Waals surface area contributed by atoms with E-state index in [0.717, 1.165) is 0 Å². The molecule has 10 atom stereocenters. The fourth-order valence-electron chi connectivity index (χ4n) is 4.39. The summed E-state index contributed by atoms with van der Waals surface area (Å²) in [6.07, 6.45) is -3.94. The highest BCUT2D eigenvalue weighted by atomic mass is 16.5. The van der Waals surface area contributed by atoms with Crippen LogP contribution in [0.1, 0.15) is 32.1 Å². The minimum absolute atomic E-state index is 0.00418. The Kier molecular flexibility index (Phi) is 4.76. The molecule has 7 N–H and O–H groups in total. The summed E-state index contributed by atoms with van der Waals surface area (Å²) in [6, 6.07) is 0. The van der Waals surface area contributed by atoms with Crippen molar-refractivity contribution in [3.05, 3.63) is 0 Å². The van der Waals surface area contributed by atoms with Gasteiger partial charge < -0.3 is 35.4 Å². The van der Waals surface area contributed by atoms with Gasteiger partial charge in [0.1, 0.15) is 12.2 Å². The predicted molar refractivity (Wildman–Crippen MR) is 75.9 cm³/mol. The number of aliphatic hydroxyl groups excluding tert-OH is 6. The molecule has 128 valence electrons. The molecule has 1 aliphatic heterocycles. The molecule has 3 aliphatic rings. The number of rotatable bonds is 1. The molecular formula is C15H27O7+. The highest BCUT2D eigenvalue weighted by Crippen LogP contribution is 2.40. The van der Waals surface area contributed by atoms with Gasteiger partial charge in [0.2, 0.25) is 0 Å². The van der Waals surface area contributed by atoms with Crippen LogP contribution < -0.4 is 0 Å². The van der Waals surface area contributed by atoms with Crippen molar-refractivity contribution in [2.24, 2.45) is 11.8 Å². The molecule has 0 aromatic heterocycles. The second-order valence-corrected chi connectivity index (χ2v) is 7.17. The normalized spacial score (nSPS) is 56.5. The van der Waals surface area contributed by atoms with Crippen LogP contribution in [0.5, 0.6) is 0 Å². The second kappa shape index (κ2) is 6.32. The third-order valence-corrected chi connectivity index (χ3v) is 5.74. The molecule has 0 radical (unpaired) electrons. The summed E-state index contributed by atoms with van der Waals surface area (Å²) in [5.41, 5.74) is 0. The molecule has 3 fully saturated rings. The van der Waals surface area contributed by atoms with Crippen molar-refractivity contribution >= 4 is 0 Å². The van der Waals surface area contributed by atoms with Crippen LogP contribution in [0.3, 0.4) is 0 Å². The van der Waals surface area contributed by atoms with Crippen LogP contribution in [-0.4, -0.2) is 84.2 Å². The third kappa shape index (κ3) is 2.91. The maximum atomic E-state index is 10.4. The molecule has 2 aliphatic carbocycles. The van der Waals surface area contributed by atoms with E-state index in [1.54, 1.807) is 0 Å².